The van der Waals surface area contributed by atoms with E-state index in [1.165, 1.54) is 18.3 Å². The molecule has 0 aromatic carbocycles. The number of amides is 2. The molecule has 0 fully saturated rings. The Hall–Kier alpha value is -2.43. The monoisotopic (exact) mass is 399 g/mol. The highest BCUT2D eigenvalue weighted by molar-refractivity contribution is 7.89. The molecule has 0 saturated heterocycles. The number of fused-ring (bicyclic) bond motifs is 1. The average Bonchev–Trinajstić information content (AvgIpc) is 2.97. The molecule has 2 amide bonds. The van der Waals surface area contributed by atoms with Crippen molar-refractivity contribution < 1.29 is 23.1 Å². The van der Waals surface area contributed by atoms with Gasteiger partial charge in [-0.15, -0.1) is 11.3 Å². The first kappa shape index (κ1) is 17.4. The number of nitrogens with zero attached hydrogens (tertiary/aromatic N) is 2. The van der Waals surface area contributed by atoms with E-state index in [4.69, 9.17) is 11.6 Å². The van der Waals surface area contributed by atoms with Crippen LogP contribution in [0.3, 0.4) is 0 Å². The van der Waals surface area contributed by atoms with Crippen LogP contribution in [0.4, 0.5) is 0 Å². The number of carbonyl (C=O) groups is 2. The van der Waals surface area contributed by atoms with Crippen molar-refractivity contribution in [1.82, 2.24) is 14.6 Å². The number of halogens is 1. The summed E-state index contributed by atoms with van der Waals surface area (Å²) in [5.41, 5.74) is -0.604. The number of rotatable bonds is 2. The molecule has 0 spiro atoms. The molecule has 0 atom stereocenters. The number of nitrogens with one attached hydrogen (secondary N) is 1. The molecule has 2 aromatic heterocycles. The fourth-order valence-electron chi connectivity index (χ4n) is 2.20. The third-order valence-electron chi connectivity index (χ3n) is 3.40. The summed E-state index contributed by atoms with van der Waals surface area (Å²) in [6, 6.07) is 5.73. The Morgan fingerprint density at radius 3 is 2.68 bits per heavy atom. The van der Waals surface area contributed by atoms with Crippen molar-refractivity contribution in [2.45, 2.75) is 4.90 Å². The summed E-state index contributed by atoms with van der Waals surface area (Å²) in [4.78, 5) is 28.0. The van der Waals surface area contributed by atoms with Crippen LogP contribution >= 0.6 is 22.9 Å². The van der Waals surface area contributed by atoms with Gasteiger partial charge in [0.1, 0.15) is 10.6 Å². The second-order valence-corrected chi connectivity index (χ2v) is 8.53. The van der Waals surface area contributed by atoms with Crippen LogP contribution in [-0.4, -0.2) is 41.7 Å². The van der Waals surface area contributed by atoms with E-state index in [0.29, 0.717) is 4.31 Å². The van der Waals surface area contributed by atoms with Crippen LogP contribution in [0.1, 0.15) is 15.4 Å². The van der Waals surface area contributed by atoms with E-state index in [9.17, 15) is 23.1 Å². The second kappa shape index (κ2) is 6.14. The van der Waals surface area contributed by atoms with Gasteiger partial charge in [0, 0.05) is 13.2 Å². The van der Waals surface area contributed by atoms with Crippen LogP contribution in [0, 0.1) is 0 Å². The maximum Gasteiger partial charge on any atom is 0.279 e. The molecule has 0 radical (unpaired) electrons. The van der Waals surface area contributed by atoms with E-state index in [1.54, 1.807) is 12.1 Å². The molecule has 0 aliphatic carbocycles. The zero-order valence-electron chi connectivity index (χ0n) is 12.6. The largest absolute Gasteiger partial charge is 0.504 e. The molecule has 11 heteroatoms. The maximum atomic E-state index is 12.5. The van der Waals surface area contributed by atoms with Crippen LogP contribution in [-0.2, 0) is 14.8 Å². The summed E-state index contributed by atoms with van der Waals surface area (Å²) in [5.74, 6) is -2.48. The van der Waals surface area contributed by atoms with Gasteiger partial charge in [0.05, 0.1) is 9.21 Å². The normalized spacial score (nSPS) is 15.7. The third-order valence-corrected chi connectivity index (χ3v) is 6.58. The zero-order chi connectivity index (χ0) is 18.4. The van der Waals surface area contributed by atoms with Gasteiger partial charge in [-0.1, -0.05) is 17.7 Å². The Morgan fingerprint density at radius 1 is 1.32 bits per heavy atom. The van der Waals surface area contributed by atoms with E-state index < -0.39 is 33.3 Å². The van der Waals surface area contributed by atoms with E-state index in [1.807, 2.05) is 5.32 Å². The molecule has 1 aliphatic rings. The van der Waals surface area contributed by atoms with Crippen LogP contribution in [0.2, 0.25) is 4.34 Å². The van der Waals surface area contributed by atoms with Gasteiger partial charge in [-0.2, -0.15) is 0 Å². The Labute approximate surface area is 151 Å². The van der Waals surface area contributed by atoms with Gasteiger partial charge in [-0.25, -0.2) is 8.42 Å². The summed E-state index contributed by atoms with van der Waals surface area (Å²) >= 11 is 6.64. The molecular formula is C14H10ClN3O5S2. The highest BCUT2D eigenvalue weighted by Crippen LogP contribution is 2.41. The Bertz CT molecular complexity index is 1010. The van der Waals surface area contributed by atoms with Crippen molar-refractivity contribution in [3.8, 4) is 0 Å². The van der Waals surface area contributed by atoms with Gasteiger partial charge < -0.3 is 5.11 Å². The van der Waals surface area contributed by atoms with Crippen molar-refractivity contribution in [3.05, 3.63) is 51.1 Å². The molecule has 3 heterocycles. The zero-order valence-corrected chi connectivity index (χ0v) is 14.9. The lowest BCUT2D eigenvalue weighted by molar-refractivity contribution is -0.117. The predicted molar refractivity (Wildman–Crippen MR) is 90.5 cm³/mol. The van der Waals surface area contributed by atoms with Gasteiger partial charge in [0.25, 0.3) is 21.8 Å². The number of sulfonamides is 1. The van der Waals surface area contributed by atoms with Gasteiger partial charge >= 0.3 is 0 Å². The quantitative estimate of drug-likeness (QED) is 0.741. The molecule has 130 valence electrons. The Morgan fingerprint density at radius 2 is 2.04 bits per heavy atom. The number of thiophene rings is 1. The molecular weight excluding hydrogens is 390 g/mol. The smallest absolute Gasteiger partial charge is 0.279 e. The summed E-state index contributed by atoms with van der Waals surface area (Å²) in [6.45, 7) is 0. The molecule has 0 saturated carbocycles. The predicted octanol–water partition coefficient (Wildman–Crippen LogP) is 1.61. The van der Waals surface area contributed by atoms with E-state index >= 15 is 0 Å². The summed E-state index contributed by atoms with van der Waals surface area (Å²) in [5, 5.41) is 12.3. The van der Waals surface area contributed by atoms with Crippen molar-refractivity contribution in [3.63, 3.8) is 0 Å². The van der Waals surface area contributed by atoms with Gasteiger partial charge in [0.2, 0.25) is 0 Å². The minimum Gasteiger partial charge on any atom is -0.504 e. The number of imide groups is 1. The molecule has 1 aliphatic heterocycles. The molecule has 2 aromatic rings. The average molecular weight is 400 g/mol. The van der Waals surface area contributed by atoms with Crippen LogP contribution in [0.15, 0.2) is 41.1 Å². The first-order chi connectivity index (χ1) is 11.7. The van der Waals surface area contributed by atoms with Crippen LogP contribution in [0.5, 0.6) is 0 Å². The van der Waals surface area contributed by atoms with Gasteiger partial charge in [0.15, 0.2) is 11.5 Å². The SMILES string of the molecule is CN1C(C(=O)NC(=O)c2ccccn2)=C(O)c2sc(Cl)cc2S1(=O)=O. The highest BCUT2D eigenvalue weighted by Gasteiger charge is 2.40. The lowest BCUT2D eigenvalue weighted by atomic mass is 10.2. The Balaban J connectivity index is 2.01. The van der Waals surface area contributed by atoms with E-state index in [0.717, 1.165) is 18.4 Å². The number of pyridine rings is 1. The molecule has 0 bridgehead atoms. The molecule has 0 unspecified atom stereocenters. The fourth-order valence-corrected chi connectivity index (χ4v) is 5.15. The summed E-state index contributed by atoms with van der Waals surface area (Å²) < 4.78 is 25.7. The fraction of sp³-hybridized carbons (Fsp3) is 0.0714. The number of hydrogen-bond donors (Lipinski definition) is 2. The van der Waals surface area contributed by atoms with Gasteiger partial charge in [-0.3, -0.25) is 24.2 Å². The highest BCUT2D eigenvalue weighted by atomic mass is 35.5. The third kappa shape index (κ3) is 2.88. The number of likely N-dealkylation sites (N-methyl/N-ethyl adjacent to an activating group) is 1. The van der Waals surface area contributed by atoms with E-state index in [-0.39, 0.29) is 19.8 Å². The number of hydrogen-bond acceptors (Lipinski definition) is 7. The van der Waals surface area contributed by atoms with Crippen molar-refractivity contribution >= 4 is 50.5 Å². The number of aliphatic hydroxyl groups excluding tert-OH is 1. The first-order valence-electron chi connectivity index (χ1n) is 6.72. The van der Waals surface area contributed by atoms with Crippen molar-refractivity contribution in [2.24, 2.45) is 0 Å². The van der Waals surface area contributed by atoms with E-state index in [2.05, 4.69) is 4.98 Å². The second-order valence-electron chi connectivity index (χ2n) is 4.91. The first-order valence-corrected chi connectivity index (χ1v) is 9.35. The Kier molecular flexibility index (Phi) is 4.27. The number of carbonyl (C=O) groups excluding carboxylic acids is 2. The number of aliphatic hydroxyl groups is 1. The summed E-state index contributed by atoms with van der Waals surface area (Å²) in [6.07, 6.45) is 1.37. The lowest BCUT2D eigenvalue weighted by Gasteiger charge is -2.26. The van der Waals surface area contributed by atoms with Crippen molar-refractivity contribution in [1.29, 1.82) is 0 Å². The molecule has 25 heavy (non-hydrogen) atoms. The van der Waals surface area contributed by atoms with Crippen LogP contribution < -0.4 is 5.32 Å². The molecule has 3 rings (SSSR count). The van der Waals surface area contributed by atoms with Crippen molar-refractivity contribution in [2.75, 3.05) is 7.05 Å². The van der Waals surface area contributed by atoms with Gasteiger partial charge in [-0.05, 0) is 18.2 Å². The lowest BCUT2D eigenvalue weighted by Crippen LogP contribution is -2.41. The van der Waals surface area contributed by atoms with Crippen LogP contribution in [0.25, 0.3) is 5.76 Å². The topological polar surface area (TPSA) is 117 Å². The molecule has 2 N–H and O–H groups in total. The molecule has 8 nitrogen and oxygen atoms in total. The standard InChI is InChI=1S/C14H10ClN3O5S2/c1-18-10(14(21)17-13(20)7-4-2-3-5-16-7)11(19)12-8(25(18,22)23)6-9(15)24-12/h2-6,19H,1H3,(H,17,20,21). The minimum absolute atomic E-state index is 0.0304. The summed E-state index contributed by atoms with van der Waals surface area (Å²) in [7, 11) is -2.98. The minimum atomic E-state index is -4.07. The number of aromatic nitrogens is 1. The maximum absolute atomic E-state index is 12.5.